The lowest BCUT2D eigenvalue weighted by Gasteiger charge is -2.32. The molecule has 1 atom stereocenters. The number of piperazine rings is 1. The van der Waals surface area contributed by atoms with Crippen molar-refractivity contribution < 1.29 is 19.5 Å². The first kappa shape index (κ1) is 14.6. The van der Waals surface area contributed by atoms with Crippen molar-refractivity contribution in [1.82, 2.24) is 15.5 Å². The largest absolute Gasteiger partial charge is 0.480 e. The summed E-state index contributed by atoms with van der Waals surface area (Å²) < 4.78 is 0. The van der Waals surface area contributed by atoms with Crippen molar-refractivity contribution in [3.05, 3.63) is 0 Å². The SMILES string of the molecule is CSCCCNC(=O)N1CC(=O)NCC1C(=O)O. The van der Waals surface area contributed by atoms with E-state index in [0.29, 0.717) is 6.54 Å². The summed E-state index contributed by atoms with van der Waals surface area (Å²) in [6.45, 7) is 0.210. The molecule has 8 heteroatoms. The number of carbonyl (C=O) groups excluding carboxylic acids is 2. The Labute approximate surface area is 109 Å². The Hall–Kier alpha value is -1.44. The molecule has 0 radical (unpaired) electrons. The van der Waals surface area contributed by atoms with E-state index in [1.807, 2.05) is 6.26 Å². The van der Waals surface area contributed by atoms with Gasteiger partial charge >= 0.3 is 12.0 Å². The average molecular weight is 275 g/mol. The van der Waals surface area contributed by atoms with Crippen molar-refractivity contribution in [3.63, 3.8) is 0 Å². The summed E-state index contributed by atoms with van der Waals surface area (Å²) in [5.41, 5.74) is 0. The summed E-state index contributed by atoms with van der Waals surface area (Å²) in [5.74, 6) is -0.538. The number of thioether (sulfide) groups is 1. The van der Waals surface area contributed by atoms with Crippen molar-refractivity contribution in [2.75, 3.05) is 31.6 Å². The normalized spacial score (nSPS) is 19.3. The van der Waals surface area contributed by atoms with E-state index in [2.05, 4.69) is 10.6 Å². The molecule has 0 spiro atoms. The maximum Gasteiger partial charge on any atom is 0.328 e. The molecule has 0 aromatic heterocycles. The summed E-state index contributed by atoms with van der Waals surface area (Å²) in [6.07, 6.45) is 2.78. The summed E-state index contributed by atoms with van der Waals surface area (Å²) in [4.78, 5) is 35.0. The van der Waals surface area contributed by atoms with Crippen molar-refractivity contribution >= 4 is 29.7 Å². The Morgan fingerprint density at radius 2 is 2.33 bits per heavy atom. The minimum absolute atomic E-state index is 0.0492. The van der Waals surface area contributed by atoms with Gasteiger partial charge in [0.1, 0.15) is 12.6 Å². The lowest BCUT2D eigenvalue weighted by molar-refractivity contribution is -0.144. The first-order valence-corrected chi connectivity index (χ1v) is 6.98. The number of amides is 3. The topological polar surface area (TPSA) is 98.7 Å². The quantitative estimate of drug-likeness (QED) is 0.578. The molecule has 0 aliphatic carbocycles. The highest BCUT2D eigenvalue weighted by atomic mass is 32.2. The van der Waals surface area contributed by atoms with E-state index in [-0.39, 0.29) is 19.0 Å². The molecule has 1 aliphatic heterocycles. The Morgan fingerprint density at radius 1 is 1.61 bits per heavy atom. The third-order valence-corrected chi connectivity index (χ3v) is 3.23. The molecule has 18 heavy (non-hydrogen) atoms. The van der Waals surface area contributed by atoms with Gasteiger partial charge in [0, 0.05) is 13.1 Å². The monoisotopic (exact) mass is 275 g/mol. The zero-order valence-electron chi connectivity index (χ0n) is 10.1. The highest BCUT2D eigenvalue weighted by Gasteiger charge is 2.34. The number of nitrogens with zero attached hydrogens (tertiary/aromatic N) is 1. The summed E-state index contributed by atoms with van der Waals surface area (Å²) >= 11 is 1.67. The second-order valence-electron chi connectivity index (χ2n) is 3.86. The third kappa shape index (κ3) is 4.10. The Bertz CT molecular complexity index is 337. The molecule has 3 amide bonds. The van der Waals surface area contributed by atoms with Gasteiger partial charge in [-0.3, -0.25) is 9.69 Å². The smallest absolute Gasteiger partial charge is 0.328 e. The molecule has 1 fully saturated rings. The van der Waals surface area contributed by atoms with E-state index in [1.54, 1.807) is 11.8 Å². The molecule has 0 aromatic rings. The fourth-order valence-corrected chi connectivity index (χ4v) is 2.02. The van der Waals surface area contributed by atoms with Crippen LogP contribution in [0.1, 0.15) is 6.42 Å². The zero-order chi connectivity index (χ0) is 13.5. The lowest BCUT2D eigenvalue weighted by Crippen LogP contribution is -2.61. The van der Waals surface area contributed by atoms with Gasteiger partial charge in [-0.1, -0.05) is 0 Å². The van der Waals surface area contributed by atoms with Gasteiger partial charge in [-0.05, 0) is 18.4 Å². The van der Waals surface area contributed by atoms with Crippen LogP contribution < -0.4 is 10.6 Å². The molecule has 7 nitrogen and oxygen atoms in total. The molecule has 3 N–H and O–H groups in total. The predicted molar refractivity (Wildman–Crippen MR) is 67.5 cm³/mol. The molecular formula is C10H17N3O4S. The first-order chi connectivity index (χ1) is 8.56. The van der Waals surface area contributed by atoms with E-state index in [0.717, 1.165) is 17.1 Å². The van der Waals surface area contributed by atoms with Crippen LogP contribution in [0, 0.1) is 0 Å². The standard InChI is InChI=1S/C10H17N3O4S/c1-18-4-2-3-11-10(17)13-6-8(14)12-5-7(13)9(15)16/h7H,2-6H2,1H3,(H,11,17)(H,12,14)(H,15,16). The molecule has 1 heterocycles. The van der Waals surface area contributed by atoms with E-state index >= 15 is 0 Å². The molecule has 0 aromatic carbocycles. The number of nitrogens with one attached hydrogen (secondary N) is 2. The van der Waals surface area contributed by atoms with E-state index in [9.17, 15) is 14.4 Å². The van der Waals surface area contributed by atoms with Crippen LogP contribution in [-0.2, 0) is 9.59 Å². The van der Waals surface area contributed by atoms with Gasteiger partial charge in [-0.15, -0.1) is 0 Å². The molecule has 1 saturated heterocycles. The van der Waals surface area contributed by atoms with Crippen molar-refractivity contribution in [3.8, 4) is 0 Å². The second kappa shape index (κ2) is 7.10. The molecule has 102 valence electrons. The fraction of sp³-hybridized carbons (Fsp3) is 0.700. The predicted octanol–water partition coefficient (Wildman–Crippen LogP) is -0.666. The number of carboxylic acid groups (broad SMARTS) is 1. The van der Waals surface area contributed by atoms with Gasteiger partial charge in [0.2, 0.25) is 5.91 Å². The second-order valence-corrected chi connectivity index (χ2v) is 4.85. The number of hydrogen-bond acceptors (Lipinski definition) is 4. The molecule has 0 saturated carbocycles. The van der Waals surface area contributed by atoms with Gasteiger partial charge in [0.05, 0.1) is 0 Å². The molecular weight excluding hydrogens is 258 g/mol. The minimum atomic E-state index is -1.12. The van der Waals surface area contributed by atoms with Crippen molar-refractivity contribution in [2.24, 2.45) is 0 Å². The highest BCUT2D eigenvalue weighted by Crippen LogP contribution is 2.05. The lowest BCUT2D eigenvalue weighted by atomic mass is 10.2. The van der Waals surface area contributed by atoms with Gasteiger partial charge in [-0.25, -0.2) is 9.59 Å². The Balaban J connectivity index is 2.50. The Kier molecular flexibility index (Phi) is 5.76. The van der Waals surface area contributed by atoms with Gasteiger partial charge in [0.25, 0.3) is 0 Å². The van der Waals surface area contributed by atoms with Crippen molar-refractivity contribution in [1.29, 1.82) is 0 Å². The summed E-state index contributed by atoms with van der Waals surface area (Å²) in [5, 5.41) is 14.0. The van der Waals surface area contributed by atoms with Crippen LogP contribution in [0.3, 0.4) is 0 Å². The van der Waals surface area contributed by atoms with E-state index < -0.39 is 18.0 Å². The molecule has 0 bridgehead atoms. The van der Waals surface area contributed by atoms with Gasteiger partial charge < -0.3 is 15.7 Å². The maximum atomic E-state index is 11.8. The zero-order valence-corrected chi connectivity index (χ0v) is 11.0. The third-order valence-electron chi connectivity index (χ3n) is 2.53. The number of hydrogen-bond donors (Lipinski definition) is 3. The van der Waals surface area contributed by atoms with Crippen LogP contribution >= 0.6 is 11.8 Å². The molecule has 1 aliphatic rings. The van der Waals surface area contributed by atoms with Crippen LogP contribution in [0.15, 0.2) is 0 Å². The van der Waals surface area contributed by atoms with E-state index in [1.165, 1.54) is 0 Å². The highest BCUT2D eigenvalue weighted by molar-refractivity contribution is 7.98. The number of aliphatic carboxylic acids is 1. The molecule has 1 rings (SSSR count). The maximum absolute atomic E-state index is 11.8. The van der Waals surface area contributed by atoms with Crippen LogP contribution in [0.4, 0.5) is 4.79 Å². The molecule has 1 unspecified atom stereocenters. The first-order valence-electron chi connectivity index (χ1n) is 5.59. The number of carbonyl (C=O) groups is 3. The minimum Gasteiger partial charge on any atom is -0.480 e. The average Bonchev–Trinajstić information content (AvgIpc) is 2.34. The summed E-state index contributed by atoms with van der Waals surface area (Å²) in [7, 11) is 0. The van der Waals surface area contributed by atoms with E-state index in [4.69, 9.17) is 5.11 Å². The van der Waals surface area contributed by atoms with Crippen LogP contribution in [0.2, 0.25) is 0 Å². The van der Waals surface area contributed by atoms with Gasteiger partial charge in [-0.2, -0.15) is 11.8 Å². The van der Waals surface area contributed by atoms with Crippen LogP contribution in [-0.4, -0.2) is 65.6 Å². The van der Waals surface area contributed by atoms with Crippen molar-refractivity contribution in [2.45, 2.75) is 12.5 Å². The number of carboxylic acids is 1. The fourth-order valence-electron chi connectivity index (χ4n) is 1.59. The summed E-state index contributed by atoms with van der Waals surface area (Å²) in [6, 6.07) is -1.50. The van der Waals surface area contributed by atoms with Gasteiger partial charge in [0.15, 0.2) is 0 Å². The Morgan fingerprint density at radius 3 is 2.94 bits per heavy atom. The number of urea groups is 1. The van der Waals surface area contributed by atoms with Crippen LogP contribution in [0.5, 0.6) is 0 Å². The number of rotatable bonds is 5. The van der Waals surface area contributed by atoms with Crippen LogP contribution in [0.25, 0.3) is 0 Å².